The number of hydrogen-bond donors (Lipinski definition) is 0. The summed E-state index contributed by atoms with van der Waals surface area (Å²) < 4.78 is 23.7. The smallest absolute Gasteiger partial charge is 0.337 e. The number of hydrogen-bond acceptors (Lipinski definition) is 7. The maximum absolute atomic E-state index is 12.8. The zero-order chi connectivity index (χ0) is 23.1. The topological polar surface area (TPSA) is 88.4 Å². The molecule has 0 bridgehead atoms. The normalized spacial score (nSPS) is 11.6. The number of carbonyl (C=O) groups excluding carboxylic acids is 2. The molecular weight excluding hydrogens is 432 g/mol. The standard InChI is InChI=1S/C23H26N2O6S/c1-5-31-11-10-25-18-9-7-16(22(27)30-4)12-20(18)32-23(25)24-21(26)13-15-6-8-17(28-2)14-19(15)29-3/h6-9,12,14H,5,10-11,13H2,1-4H3. The van der Waals surface area contributed by atoms with Crippen LogP contribution in [0.2, 0.25) is 0 Å². The molecular formula is C23H26N2O6S. The lowest BCUT2D eigenvalue weighted by molar-refractivity contribution is -0.117. The van der Waals surface area contributed by atoms with Gasteiger partial charge in [0.1, 0.15) is 11.5 Å². The van der Waals surface area contributed by atoms with E-state index in [4.69, 9.17) is 18.9 Å². The second-order valence-corrected chi connectivity index (χ2v) is 7.78. The molecule has 2 aromatic carbocycles. The molecule has 0 atom stereocenters. The second kappa shape index (κ2) is 10.9. The molecule has 3 rings (SSSR count). The Bertz CT molecular complexity index is 1180. The van der Waals surface area contributed by atoms with Crippen LogP contribution in [0, 0.1) is 0 Å². The van der Waals surface area contributed by atoms with Gasteiger partial charge in [-0.05, 0) is 31.2 Å². The minimum atomic E-state index is -0.415. The third-order valence-electron chi connectivity index (χ3n) is 4.82. The summed E-state index contributed by atoms with van der Waals surface area (Å²) >= 11 is 1.34. The van der Waals surface area contributed by atoms with Crippen LogP contribution < -0.4 is 14.3 Å². The summed E-state index contributed by atoms with van der Waals surface area (Å²) in [6, 6.07) is 10.6. The zero-order valence-corrected chi connectivity index (χ0v) is 19.4. The van der Waals surface area contributed by atoms with Crippen molar-refractivity contribution >= 4 is 33.4 Å². The molecule has 0 saturated heterocycles. The average Bonchev–Trinajstić information content (AvgIpc) is 3.14. The summed E-state index contributed by atoms with van der Waals surface area (Å²) in [7, 11) is 4.46. The van der Waals surface area contributed by atoms with E-state index in [9.17, 15) is 9.59 Å². The molecule has 0 radical (unpaired) electrons. The first-order valence-electron chi connectivity index (χ1n) is 10.1. The number of esters is 1. The van der Waals surface area contributed by atoms with Crippen molar-refractivity contribution < 1.29 is 28.5 Å². The van der Waals surface area contributed by atoms with Crippen molar-refractivity contribution in [1.82, 2.24) is 4.57 Å². The largest absolute Gasteiger partial charge is 0.497 e. The van der Waals surface area contributed by atoms with Gasteiger partial charge in [0, 0.05) is 24.8 Å². The number of methoxy groups -OCH3 is 3. The van der Waals surface area contributed by atoms with Gasteiger partial charge in [-0.15, -0.1) is 0 Å². The lowest BCUT2D eigenvalue weighted by Crippen LogP contribution is -2.20. The number of ether oxygens (including phenoxy) is 4. The molecule has 0 saturated carbocycles. The van der Waals surface area contributed by atoms with Crippen molar-refractivity contribution in [3.8, 4) is 11.5 Å². The maximum Gasteiger partial charge on any atom is 0.337 e. The lowest BCUT2D eigenvalue weighted by Gasteiger charge is -2.09. The van der Waals surface area contributed by atoms with Gasteiger partial charge in [-0.2, -0.15) is 4.99 Å². The van der Waals surface area contributed by atoms with Crippen LogP contribution in [-0.4, -0.2) is 51.0 Å². The van der Waals surface area contributed by atoms with Crippen LogP contribution in [0.5, 0.6) is 11.5 Å². The van der Waals surface area contributed by atoms with Gasteiger partial charge in [-0.1, -0.05) is 17.4 Å². The van der Waals surface area contributed by atoms with E-state index in [1.54, 1.807) is 44.6 Å². The van der Waals surface area contributed by atoms with E-state index in [1.165, 1.54) is 18.4 Å². The van der Waals surface area contributed by atoms with Crippen molar-refractivity contribution in [3.63, 3.8) is 0 Å². The average molecular weight is 459 g/mol. The van der Waals surface area contributed by atoms with Crippen LogP contribution in [0.1, 0.15) is 22.8 Å². The van der Waals surface area contributed by atoms with E-state index in [2.05, 4.69) is 4.99 Å². The Balaban J connectivity index is 1.98. The Morgan fingerprint density at radius 3 is 2.56 bits per heavy atom. The van der Waals surface area contributed by atoms with E-state index < -0.39 is 5.97 Å². The highest BCUT2D eigenvalue weighted by Crippen LogP contribution is 2.25. The van der Waals surface area contributed by atoms with Crippen LogP contribution >= 0.6 is 11.3 Å². The number of thiazole rings is 1. The van der Waals surface area contributed by atoms with Crippen LogP contribution in [0.3, 0.4) is 0 Å². The zero-order valence-electron chi connectivity index (χ0n) is 18.5. The van der Waals surface area contributed by atoms with Crippen LogP contribution in [0.4, 0.5) is 0 Å². The number of carbonyl (C=O) groups is 2. The number of nitrogens with zero attached hydrogens (tertiary/aromatic N) is 2. The number of aromatic nitrogens is 1. The summed E-state index contributed by atoms with van der Waals surface area (Å²) in [6.07, 6.45) is 0.0836. The predicted octanol–water partition coefficient (Wildman–Crippen LogP) is 3.21. The molecule has 8 nitrogen and oxygen atoms in total. The summed E-state index contributed by atoms with van der Waals surface area (Å²) in [6.45, 7) is 3.53. The first kappa shape index (κ1) is 23.5. The van der Waals surface area contributed by atoms with Gasteiger partial charge in [0.15, 0.2) is 4.80 Å². The lowest BCUT2D eigenvalue weighted by atomic mass is 10.1. The number of rotatable bonds is 9. The van der Waals surface area contributed by atoms with E-state index in [1.807, 2.05) is 17.6 Å². The van der Waals surface area contributed by atoms with Crippen molar-refractivity contribution in [3.05, 3.63) is 52.3 Å². The van der Waals surface area contributed by atoms with Gasteiger partial charge in [0.25, 0.3) is 5.91 Å². The maximum atomic E-state index is 12.8. The SMILES string of the molecule is CCOCCn1c(=NC(=O)Cc2ccc(OC)cc2OC)sc2cc(C(=O)OC)ccc21. The summed E-state index contributed by atoms with van der Waals surface area (Å²) in [4.78, 5) is 29.6. The molecule has 170 valence electrons. The van der Waals surface area contributed by atoms with Crippen molar-refractivity contribution in [2.45, 2.75) is 19.9 Å². The van der Waals surface area contributed by atoms with Gasteiger partial charge < -0.3 is 23.5 Å². The van der Waals surface area contributed by atoms with Crippen molar-refractivity contribution in [2.24, 2.45) is 4.99 Å². The number of benzene rings is 2. The van der Waals surface area contributed by atoms with Crippen molar-refractivity contribution in [2.75, 3.05) is 34.5 Å². The molecule has 1 aromatic heterocycles. The Hall–Kier alpha value is -3.17. The Morgan fingerprint density at radius 1 is 1.06 bits per heavy atom. The minimum Gasteiger partial charge on any atom is -0.497 e. The first-order valence-corrected chi connectivity index (χ1v) is 10.9. The van der Waals surface area contributed by atoms with Crippen molar-refractivity contribution in [1.29, 1.82) is 0 Å². The molecule has 0 aliphatic heterocycles. The highest BCUT2D eigenvalue weighted by Gasteiger charge is 2.14. The monoisotopic (exact) mass is 458 g/mol. The number of amides is 1. The fourth-order valence-electron chi connectivity index (χ4n) is 3.23. The molecule has 0 aliphatic rings. The van der Waals surface area contributed by atoms with Gasteiger partial charge in [-0.3, -0.25) is 4.79 Å². The number of fused-ring (bicyclic) bond motifs is 1. The fraction of sp³-hybridized carbons (Fsp3) is 0.348. The molecule has 0 N–H and O–H groups in total. The Labute approximate surface area is 190 Å². The summed E-state index contributed by atoms with van der Waals surface area (Å²) in [5, 5.41) is 0. The predicted molar refractivity (Wildman–Crippen MR) is 121 cm³/mol. The van der Waals surface area contributed by atoms with Gasteiger partial charge in [0.05, 0.1) is 50.1 Å². The second-order valence-electron chi connectivity index (χ2n) is 6.77. The molecule has 0 fully saturated rings. The molecule has 0 aliphatic carbocycles. The molecule has 1 amide bonds. The third-order valence-corrected chi connectivity index (χ3v) is 5.86. The van der Waals surface area contributed by atoms with Gasteiger partial charge in [-0.25, -0.2) is 4.79 Å². The highest BCUT2D eigenvalue weighted by atomic mass is 32.1. The Kier molecular flexibility index (Phi) is 8.02. The highest BCUT2D eigenvalue weighted by molar-refractivity contribution is 7.16. The minimum absolute atomic E-state index is 0.0836. The third kappa shape index (κ3) is 5.35. The molecule has 1 heterocycles. The quantitative estimate of drug-likeness (QED) is 0.361. The first-order chi connectivity index (χ1) is 15.5. The van der Waals surface area contributed by atoms with Gasteiger partial charge >= 0.3 is 5.97 Å². The van der Waals surface area contributed by atoms with Crippen LogP contribution in [0.15, 0.2) is 41.4 Å². The fourth-order valence-corrected chi connectivity index (χ4v) is 4.34. The molecule has 3 aromatic rings. The van der Waals surface area contributed by atoms with Crippen LogP contribution in [-0.2, 0) is 27.2 Å². The van der Waals surface area contributed by atoms with E-state index >= 15 is 0 Å². The van der Waals surface area contributed by atoms with E-state index in [0.717, 1.165) is 15.8 Å². The molecule has 0 spiro atoms. The molecule has 0 unspecified atom stereocenters. The van der Waals surface area contributed by atoms with E-state index in [0.29, 0.717) is 41.6 Å². The Morgan fingerprint density at radius 2 is 1.88 bits per heavy atom. The molecule has 32 heavy (non-hydrogen) atoms. The van der Waals surface area contributed by atoms with E-state index in [-0.39, 0.29) is 12.3 Å². The van der Waals surface area contributed by atoms with Gasteiger partial charge in [0.2, 0.25) is 0 Å². The summed E-state index contributed by atoms with van der Waals surface area (Å²) in [5.74, 6) is 0.492. The molecule has 9 heteroatoms. The van der Waals surface area contributed by atoms with Crippen LogP contribution in [0.25, 0.3) is 10.2 Å². The summed E-state index contributed by atoms with van der Waals surface area (Å²) in [5.41, 5.74) is 2.03.